The second-order valence-electron chi connectivity index (χ2n) is 3.93. The third-order valence-corrected chi connectivity index (χ3v) is 2.77. The molecule has 5 nitrogen and oxygen atoms in total. The fourth-order valence-corrected chi connectivity index (χ4v) is 1.80. The molecule has 1 fully saturated rings. The summed E-state index contributed by atoms with van der Waals surface area (Å²) in [5.41, 5.74) is 0.348. The number of carbonyl (C=O) groups is 1. The molecule has 2 heterocycles. The van der Waals surface area contributed by atoms with Crippen LogP contribution in [0.15, 0.2) is 16.9 Å². The maximum Gasteiger partial charge on any atom is 0.273 e. The first-order valence-corrected chi connectivity index (χ1v) is 5.19. The molecule has 2 atom stereocenters. The number of hydrogen-bond donors (Lipinski definition) is 2. The van der Waals surface area contributed by atoms with Gasteiger partial charge >= 0.3 is 0 Å². The van der Waals surface area contributed by atoms with E-state index >= 15 is 0 Å². The van der Waals surface area contributed by atoms with Crippen LogP contribution in [0.4, 0.5) is 0 Å². The maximum absolute atomic E-state index is 11.7. The molecule has 2 rings (SSSR count). The van der Waals surface area contributed by atoms with Gasteiger partial charge in [0.1, 0.15) is 6.26 Å². The lowest BCUT2D eigenvalue weighted by atomic mass is 9.95. The quantitative estimate of drug-likeness (QED) is 0.810. The van der Waals surface area contributed by atoms with E-state index in [1.165, 1.54) is 6.26 Å². The van der Waals surface area contributed by atoms with Crippen molar-refractivity contribution in [2.45, 2.75) is 19.4 Å². The molecule has 2 unspecified atom stereocenters. The van der Waals surface area contributed by atoms with Gasteiger partial charge in [-0.3, -0.25) is 4.79 Å². The lowest BCUT2D eigenvalue weighted by molar-refractivity contribution is 0.0905. The first kappa shape index (κ1) is 13.0. The third kappa shape index (κ3) is 2.96. The van der Waals surface area contributed by atoms with Gasteiger partial charge in [-0.2, -0.15) is 0 Å². The average Bonchev–Trinajstić information content (AvgIpc) is 2.74. The van der Waals surface area contributed by atoms with Gasteiger partial charge in [-0.25, -0.2) is 0 Å². The van der Waals surface area contributed by atoms with Crippen LogP contribution in [0.25, 0.3) is 0 Å². The predicted octanol–water partition coefficient (Wildman–Crippen LogP) is 0.824. The van der Waals surface area contributed by atoms with Crippen LogP contribution in [0.1, 0.15) is 23.8 Å². The van der Waals surface area contributed by atoms with Crippen molar-refractivity contribution in [1.29, 1.82) is 0 Å². The Morgan fingerprint density at radius 3 is 3.12 bits per heavy atom. The summed E-state index contributed by atoms with van der Waals surface area (Å²) >= 11 is 0. The summed E-state index contributed by atoms with van der Waals surface area (Å²) in [7, 11) is 0. The fourth-order valence-electron chi connectivity index (χ4n) is 1.80. The van der Waals surface area contributed by atoms with Crippen molar-refractivity contribution in [2.24, 2.45) is 5.92 Å². The Balaban J connectivity index is 0.00000128. The first-order chi connectivity index (χ1) is 7.27. The highest BCUT2D eigenvalue weighted by atomic mass is 35.5. The Kier molecular flexibility index (Phi) is 4.76. The topological polar surface area (TPSA) is 67.2 Å². The summed E-state index contributed by atoms with van der Waals surface area (Å²) in [5.74, 6) is 0.303. The van der Waals surface area contributed by atoms with Gasteiger partial charge < -0.3 is 15.2 Å². The first-order valence-electron chi connectivity index (χ1n) is 5.19. The Hall–Kier alpha value is -1.07. The van der Waals surface area contributed by atoms with Crippen LogP contribution in [0.5, 0.6) is 0 Å². The van der Waals surface area contributed by atoms with Gasteiger partial charge in [0.2, 0.25) is 0 Å². The summed E-state index contributed by atoms with van der Waals surface area (Å²) in [5, 5.41) is 9.86. The number of amides is 1. The van der Waals surface area contributed by atoms with E-state index in [9.17, 15) is 4.79 Å². The fraction of sp³-hybridized carbons (Fsp3) is 0.600. The number of aromatic nitrogens is 1. The van der Waals surface area contributed by atoms with Crippen LogP contribution in [-0.2, 0) is 0 Å². The highest BCUT2D eigenvalue weighted by Crippen LogP contribution is 2.10. The predicted molar refractivity (Wildman–Crippen MR) is 61.7 cm³/mol. The van der Waals surface area contributed by atoms with E-state index in [0.717, 1.165) is 19.5 Å². The van der Waals surface area contributed by atoms with E-state index in [-0.39, 0.29) is 24.4 Å². The van der Waals surface area contributed by atoms with E-state index in [4.69, 9.17) is 0 Å². The van der Waals surface area contributed by atoms with Crippen LogP contribution in [0.2, 0.25) is 0 Å². The van der Waals surface area contributed by atoms with Crippen molar-refractivity contribution in [3.63, 3.8) is 0 Å². The highest BCUT2D eigenvalue weighted by molar-refractivity contribution is 5.92. The molecule has 0 bridgehead atoms. The molecule has 0 spiro atoms. The summed E-state index contributed by atoms with van der Waals surface area (Å²) < 4.78 is 4.63. The van der Waals surface area contributed by atoms with Gasteiger partial charge in [0.25, 0.3) is 5.91 Å². The number of halogens is 1. The number of nitrogens with zero attached hydrogens (tertiary/aromatic N) is 1. The molecule has 1 aromatic heterocycles. The summed E-state index contributed by atoms with van der Waals surface area (Å²) in [6, 6.07) is 1.80. The molecule has 2 N–H and O–H groups in total. The lowest BCUT2D eigenvalue weighted by Crippen LogP contribution is -2.48. The van der Waals surface area contributed by atoms with E-state index in [2.05, 4.69) is 27.2 Å². The monoisotopic (exact) mass is 245 g/mol. The van der Waals surface area contributed by atoms with E-state index in [1.54, 1.807) is 6.07 Å². The molecular weight excluding hydrogens is 230 g/mol. The van der Waals surface area contributed by atoms with Gasteiger partial charge in [0.05, 0.1) is 0 Å². The normalized spacial score (nSPS) is 24.6. The summed E-state index contributed by atoms with van der Waals surface area (Å²) in [6.07, 6.45) is 2.37. The molecule has 0 aliphatic carbocycles. The average molecular weight is 246 g/mol. The van der Waals surface area contributed by atoms with Crippen LogP contribution >= 0.6 is 12.4 Å². The summed E-state index contributed by atoms with van der Waals surface area (Å²) in [6.45, 7) is 4.03. The van der Waals surface area contributed by atoms with Gasteiger partial charge in [-0.1, -0.05) is 12.1 Å². The molecule has 1 saturated heterocycles. The smallest absolute Gasteiger partial charge is 0.273 e. The van der Waals surface area contributed by atoms with Crippen LogP contribution < -0.4 is 10.6 Å². The number of hydrogen-bond acceptors (Lipinski definition) is 4. The highest BCUT2D eigenvalue weighted by Gasteiger charge is 2.23. The molecule has 0 saturated carbocycles. The minimum Gasteiger partial charge on any atom is -0.364 e. The zero-order chi connectivity index (χ0) is 10.7. The van der Waals surface area contributed by atoms with Gasteiger partial charge in [0, 0.05) is 12.1 Å². The maximum atomic E-state index is 11.7. The molecule has 1 aliphatic heterocycles. The third-order valence-electron chi connectivity index (χ3n) is 2.77. The molecular formula is C10H16ClN3O2. The van der Waals surface area contributed by atoms with Crippen molar-refractivity contribution < 1.29 is 9.32 Å². The van der Waals surface area contributed by atoms with Crippen molar-refractivity contribution in [2.75, 3.05) is 13.1 Å². The van der Waals surface area contributed by atoms with Gasteiger partial charge in [-0.15, -0.1) is 12.4 Å². The SMILES string of the molecule is CC1CNCCC1NC(=O)c1ccon1.Cl. The Bertz CT molecular complexity index is 329. The van der Waals surface area contributed by atoms with Crippen molar-refractivity contribution >= 4 is 18.3 Å². The second kappa shape index (κ2) is 5.86. The molecule has 1 aromatic rings. The molecule has 90 valence electrons. The molecule has 1 aliphatic rings. The van der Waals surface area contributed by atoms with Crippen LogP contribution in [-0.4, -0.2) is 30.2 Å². The summed E-state index contributed by atoms with van der Waals surface area (Å²) in [4.78, 5) is 11.7. The van der Waals surface area contributed by atoms with Gasteiger partial charge in [-0.05, 0) is 25.4 Å². The minimum atomic E-state index is -0.150. The molecule has 1 amide bonds. The Morgan fingerprint density at radius 2 is 2.50 bits per heavy atom. The Morgan fingerprint density at radius 1 is 1.69 bits per heavy atom. The van der Waals surface area contributed by atoms with Crippen molar-refractivity contribution in [3.8, 4) is 0 Å². The lowest BCUT2D eigenvalue weighted by Gasteiger charge is -2.29. The minimum absolute atomic E-state index is 0. The van der Waals surface area contributed by atoms with E-state index in [1.807, 2.05) is 0 Å². The number of carbonyl (C=O) groups excluding carboxylic acids is 1. The number of piperidine rings is 1. The largest absolute Gasteiger partial charge is 0.364 e. The molecule has 16 heavy (non-hydrogen) atoms. The van der Waals surface area contributed by atoms with Gasteiger partial charge in [0.15, 0.2) is 5.69 Å². The van der Waals surface area contributed by atoms with Crippen molar-refractivity contribution in [1.82, 2.24) is 15.8 Å². The van der Waals surface area contributed by atoms with E-state index < -0.39 is 0 Å². The number of nitrogens with one attached hydrogen (secondary N) is 2. The Labute approximate surface area is 100 Å². The van der Waals surface area contributed by atoms with Crippen molar-refractivity contribution in [3.05, 3.63) is 18.0 Å². The molecule has 6 heteroatoms. The standard InChI is InChI=1S/C10H15N3O2.ClH/c1-7-6-11-4-2-8(7)12-10(14)9-3-5-15-13-9;/h3,5,7-8,11H,2,4,6H2,1H3,(H,12,14);1H. The molecule has 0 radical (unpaired) electrons. The van der Waals surface area contributed by atoms with Crippen LogP contribution in [0, 0.1) is 5.92 Å². The zero-order valence-electron chi connectivity index (χ0n) is 9.10. The zero-order valence-corrected chi connectivity index (χ0v) is 9.92. The number of rotatable bonds is 2. The molecule has 0 aromatic carbocycles. The van der Waals surface area contributed by atoms with Crippen LogP contribution in [0.3, 0.4) is 0 Å². The second-order valence-corrected chi connectivity index (χ2v) is 3.93. The van der Waals surface area contributed by atoms with E-state index in [0.29, 0.717) is 11.6 Å².